The number of hydrogen-bond acceptors (Lipinski definition) is 7. The van der Waals surface area contributed by atoms with E-state index in [0.717, 1.165) is 21.5 Å². The average molecular weight is 298 g/mol. The Morgan fingerprint density at radius 2 is 2.37 bits per heavy atom. The van der Waals surface area contributed by atoms with Crippen LogP contribution < -0.4 is 0 Å². The van der Waals surface area contributed by atoms with Crippen LogP contribution in [0.25, 0.3) is 0 Å². The first-order chi connectivity index (χ1) is 9.17. The number of rotatable bonds is 6. The van der Waals surface area contributed by atoms with E-state index in [1.807, 2.05) is 18.4 Å². The molecule has 102 valence electrons. The zero-order chi connectivity index (χ0) is 13.7. The topological polar surface area (TPSA) is 65.2 Å². The van der Waals surface area contributed by atoms with Crippen LogP contribution in [0.2, 0.25) is 0 Å². The summed E-state index contributed by atoms with van der Waals surface area (Å²) >= 11 is 3.10. The van der Waals surface area contributed by atoms with Crippen molar-refractivity contribution in [3.63, 3.8) is 0 Å². The fourth-order valence-electron chi connectivity index (χ4n) is 1.42. The molecule has 0 radical (unpaired) electrons. The first kappa shape index (κ1) is 14.1. The SMILES string of the molecule is CCOC(=O)Cc1csc(SCc2cc(C)on2)n1. The second-order valence-corrected chi connectivity index (χ2v) is 5.88. The van der Waals surface area contributed by atoms with Gasteiger partial charge in [0.05, 0.1) is 24.4 Å². The van der Waals surface area contributed by atoms with E-state index >= 15 is 0 Å². The highest BCUT2D eigenvalue weighted by Gasteiger charge is 2.09. The number of thioether (sulfide) groups is 1. The minimum absolute atomic E-state index is 0.230. The summed E-state index contributed by atoms with van der Waals surface area (Å²) in [6, 6.07) is 1.90. The second-order valence-electron chi connectivity index (χ2n) is 3.80. The molecule has 0 spiro atoms. The normalized spacial score (nSPS) is 10.6. The summed E-state index contributed by atoms with van der Waals surface area (Å²) in [6.45, 7) is 4.05. The number of carbonyl (C=O) groups excluding carboxylic acids is 1. The third-order valence-corrected chi connectivity index (χ3v) is 4.29. The molecule has 0 atom stereocenters. The van der Waals surface area contributed by atoms with Gasteiger partial charge < -0.3 is 9.26 Å². The van der Waals surface area contributed by atoms with E-state index in [4.69, 9.17) is 9.26 Å². The molecule has 5 nitrogen and oxygen atoms in total. The van der Waals surface area contributed by atoms with Crippen molar-refractivity contribution in [1.29, 1.82) is 0 Å². The summed E-state index contributed by atoms with van der Waals surface area (Å²) in [4.78, 5) is 15.7. The molecule has 0 amide bonds. The summed E-state index contributed by atoms with van der Waals surface area (Å²) in [5, 5.41) is 5.80. The lowest BCUT2D eigenvalue weighted by molar-refractivity contribution is -0.142. The number of hydrogen-bond donors (Lipinski definition) is 0. The monoisotopic (exact) mass is 298 g/mol. The van der Waals surface area contributed by atoms with Crippen molar-refractivity contribution in [3.8, 4) is 0 Å². The number of aromatic nitrogens is 2. The molecular formula is C12H14N2O3S2. The molecule has 0 saturated carbocycles. The fourth-order valence-corrected chi connectivity index (χ4v) is 3.14. The highest BCUT2D eigenvalue weighted by atomic mass is 32.2. The van der Waals surface area contributed by atoms with Crippen LogP contribution >= 0.6 is 23.1 Å². The molecule has 0 bridgehead atoms. The molecular weight excluding hydrogens is 284 g/mol. The highest BCUT2D eigenvalue weighted by molar-refractivity contribution is 8.00. The first-order valence-corrected chi connectivity index (χ1v) is 7.69. The summed E-state index contributed by atoms with van der Waals surface area (Å²) in [6.07, 6.45) is 0.230. The van der Waals surface area contributed by atoms with Crippen LogP contribution in [0.3, 0.4) is 0 Å². The van der Waals surface area contributed by atoms with Crippen LogP contribution in [0, 0.1) is 6.92 Å². The molecule has 2 heterocycles. The number of esters is 1. The van der Waals surface area contributed by atoms with Crippen LogP contribution in [-0.2, 0) is 21.7 Å². The number of carbonyl (C=O) groups is 1. The number of thiazole rings is 1. The Labute approximate surface area is 119 Å². The van der Waals surface area contributed by atoms with E-state index in [1.54, 1.807) is 18.7 Å². The standard InChI is InChI=1S/C12H14N2O3S2/c1-3-16-11(15)5-9-6-18-12(13-9)19-7-10-4-8(2)17-14-10/h4,6H,3,5,7H2,1-2H3. The molecule has 0 aliphatic rings. The van der Waals surface area contributed by atoms with Crippen molar-refractivity contribution >= 4 is 29.1 Å². The fraction of sp³-hybridized carbons (Fsp3) is 0.417. The van der Waals surface area contributed by atoms with Crippen LogP contribution in [0.4, 0.5) is 0 Å². The zero-order valence-electron chi connectivity index (χ0n) is 10.7. The zero-order valence-corrected chi connectivity index (χ0v) is 12.3. The number of nitrogens with zero attached hydrogens (tertiary/aromatic N) is 2. The van der Waals surface area contributed by atoms with Crippen molar-refractivity contribution in [2.45, 2.75) is 30.4 Å². The predicted molar refractivity (Wildman–Crippen MR) is 73.3 cm³/mol. The quantitative estimate of drug-likeness (QED) is 0.603. The molecule has 19 heavy (non-hydrogen) atoms. The van der Waals surface area contributed by atoms with Crippen molar-refractivity contribution in [2.24, 2.45) is 0 Å². The molecule has 2 aromatic rings. The van der Waals surface area contributed by atoms with Gasteiger partial charge in [0.25, 0.3) is 0 Å². The van der Waals surface area contributed by atoms with Gasteiger partial charge in [0.1, 0.15) is 5.76 Å². The van der Waals surface area contributed by atoms with Crippen molar-refractivity contribution in [1.82, 2.24) is 10.1 Å². The maximum absolute atomic E-state index is 11.3. The van der Waals surface area contributed by atoms with Gasteiger partial charge in [-0.05, 0) is 13.8 Å². The maximum atomic E-state index is 11.3. The second kappa shape index (κ2) is 6.72. The van der Waals surface area contributed by atoms with Gasteiger partial charge in [0, 0.05) is 17.2 Å². The first-order valence-electron chi connectivity index (χ1n) is 5.82. The molecule has 2 rings (SSSR count). The van der Waals surface area contributed by atoms with E-state index in [0.29, 0.717) is 12.4 Å². The molecule has 0 N–H and O–H groups in total. The van der Waals surface area contributed by atoms with Gasteiger partial charge in [-0.3, -0.25) is 4.79 Å². The Hall–Kier alpha value is -1.34. The van der Waals surface area contributed by atoms with Gasteiger partial charge in [0.15, 0.2) is 4.34 Å². The van der Waals surface area contributed by atoms with Crippen LogP contribution in [0.15, 0.2) is 20.3 Å². The summed E-state index contributed by atoms with van der Waals surface area (Å²) in [7, 11) is 0. The molecule has 0 aromatic carbocycles. The van der Waals surface area contributed by atoms with Crippen molar-refractivity contribution < 1.29 is 14.1 Å². The van der Waals surface area contributed by atoms with Crippen molar-refractivity contribution in [2.75, 3.05) is 6.61 Å². The lowest BCUT2D eigenvalue weighted by Crippen LogP contribution is -2.07. The average Bonchev–Trinajstić information content (AvgIpc) is 2.96. The van der Waals surface area contributed by atoms with Gasteiger partial charge in [0.2, 0.25) is 0 Å². The smallest absolute Gasteiger partial charge is 0.311 e. The van der Waals surface area contributed by atoms with E-state index < -0.39 is 0 Å². The van der Waals surface area contributed by atoms with Gasteiger partial charge in [-0.1, -0.05) is 16.9 Å². The van der Waals surface area contributed by atoms with Gasteiger partial charge in [-0.25, -0.2) is 4.98 Å². The Kier molecular flexibility index (Phi) is 4.98. The summed E-state index contributed by atoms with van der Waals surface area (Å²) < 4.78 is 10.8. The molecule has 0 saturated heterocycles. The minimum Gasteiger partial charge on any atom is -0.466 e. The minimum atomic E-state index is -0.239. The number of ether oxygens (including phenoxy) is 1. The van der Waals surface area contributed by atoms with E-state index in [-0.39, 0.29) is 12.4 Å². The lowest BCUT2D eigenvalue weighted by atomic mass is 10.3. The number of aryl methyl sites for hydroxylation is 1. The van der Waals surface area contributed by atoms with E-state index in [9.17, 15) is 4.79 Å². The Bertz CT molecular complexity index is 551. The van der Waals surface area contributed by atoms with Gasteiger partial charge >= 0.3 is 5.97 Å². The van der Waals surface area contributed by atoms with Crippen molar-refractivity contribution in [3.05, 3.63) is 28.6 Å². The van der Waals surface area contributed by atoms with Crippen LogP contribution in [0.1, 0.15) is 24.1 Å². The largest absolute Gasteiger partial charge is 0.466 e. The predicted octanol–water partition coefficient (Wildman–Crippen LogP) is 2.84. The Balaban J connectivity index is 1.85. The molecule has 2 aromatic heterocycles. The molecule has 7 heteroatoms. The summed E-state index contributed by atoms with van der Waals surface area (Å²) in [5.41, 5.74) is 1.65. The molecule has 0 unspecified atom stereocenters. The molecule has 0 fully saturated rings. The molecule has 0 aliphatic carbocycles. The Morgan fingerprint density at radius 3 is 3.05 bits per heavy atom. The van der Waals surface area contributed by atoms with E-state index in [2.05, 4.69) is 10.1 Å². The maximum Gasteiger partial charge on any atom is 0.311 e. The third kappa shape index (κ3) is 4.36. The van der Waals surface area contributed by atoms with Gasteiger partial charge in [-0.15, -0.1) is 11.3 Å². The summed E-state index contributed by atoms with van der Waals surface area (Å²) in [5.74, 6) is 1.28. The van der Waals surface area contributed by atoms with Gasteiger partial charge in [-0.2, -0.15) is 0 Å². The van der Waals surface area contributed by atoms with Crippen LogP contribution in [0.5, 0.6) is 0 Å². The highest BCUT2D eigenvalue weighted by Crippen LogP contribution is 2.26. The third-order valence-electron chi connectivity index (χ3n) is 2.18. The Morgan fingerprint density at radius 1 is 1.53 bits per heavy atom. The lowest BCUT2D eigenvalue weighted by Gasteiger charge is -1.97. The van der Waals surface area contributed by atoms with Crippen LogP contribution in [-0.4, -0.2) is 22.7 Å². The molecule has 0 aliphatic heterocycles. The van der Waals surface area contributed by atoms with E-state index in [1.165, 1.54) is 11.3 Å².